The molecule has 1 amide bonds. The number of amides is 1. The number of esters is 1. The quantitative estimate of drug-likeness (QED) is 0.313. The average molecular weight is 332 g/mol. The molecule has 0 aromatic rings. The molecule has 2 aliphatic heterocycles. The second-order valence-electron chi connectivity index (χ2n) is 4.72. The smallest absolute Gasteiger partial charge is 0.357 e. The van der Waals surface area contributed by atoms with Crippen LogP contribution >= 0.6 is 24.4 Å². The molecule has 2 rings (SSSR count). The van der Waals surface area contributed by atoms with E-state index in [9.17, 15) is 14.4 Å². The number of carbonyl (C=O) groups is 3. The number of thiol groups is 1. The second kappa shape index (κ2) is 6.39. The highest BCUT2D eigenvalue weighted by atomic mass is 32.2. The zero-order chi connectivity index (χ0) is 15.7. The fourth-order valence-corrected chi connectivity index (χ4v) is 4.10. The number of ether oxygens (including phenoxy) is 2. The first-order chi connectivity index (χ1) is 9.88. The van der Waals surface area contributed by atoms with E-state index in [4.69, 9.17) is 15.2 Å². The maximum atomic E-state index is 12.1. The molecule has 0 spiro atoms. The van der Waals surface area contributed by atoms with E-state index < -0.39 is 12.0 Å². The van der Waals surface area contributed by atoms with E-state index in [1.54, 1.807) is 6.92 Å². The normalized spacial score (nSPS) is 28.1. The van der Waals surface area contributed by atoms with Crippen molar-refractivity contribution in [3.63, 3.8) is 0 Å². The van der Waals surface area contributed by atoms with Crippen LogP contribution in [0.25, 0.3) is 0 Å². The van der Waals surface area contributed by atoms with Crippen molar-refractivity contribution in [3.05, 3.63) is 11.3 Å². The third kappa shape index (κ3) is 2.96. The lowest BCUT2D eigenvalue weighted by Crippen LogP contribution is -2.69. The van der Waals surface area contributed by atoms with Crippen LogP contribution in [-0.2, 0) is 23.9 Å². The van der Waals surface area contributed by atoms with Gasteiger partial charge in [-0.15, -0.1) is 24.4 Å². The fraction of sp³-hybridized carbons (Fsp3) is 0.583. The second-order valence-corrected chi connectivity index (χ2v) is 6.54. The lowest BCUT2D eigenvalue weighted by Gasteiger charge is -2.50. The van der Waals surface area contributed by atoms with Crippen LogP contribution < -0.4 is 5.73 Å². The number of hydrogen-bond donors (Lipinski definition) is 2. The molecule has 0 aliphatic carbocycles. The Morgan fingerprint density at radius 1 is 1.48 bits per heavy atom. The number of hydrogen-bond acceptors (Lipinski definition) is 7. The molecule has 21 heavy (non-hydrogen) atoms. The van der Waals surface area contributed by atoms with Crippen molar-refractivity contribution in [1.82, 2.24) is 4.90 Å². The summed E-state index contributed by atoms with van der Waals surface area (Å²) in [5.41, 5.74) is 6.53. The van der Waals surface area contributed by atoms with Crippen molar-refractivity contribution in [2.75, 3.05) is 13.9 Å². The number of carbonyl (C=O) groups excluding carboxylic acids is 3. The lowest BCUT2D eigenvalue weighted by molar-refractivity contribution is -0.157. The van der Waals surface area contributed by atoms with Crippen molar-refractivity contribution in [2.45, 2.75) is 30.0 Å². The molecular formula is C12H16N2O5S2. The van der Waals surface area contributed by atoms with E-state index in [1.165, 1.54) is 23.8 Å². The lowest BCUT2D eigenvalue weighted by atomic mass is 10.0. The Hall–Kier alpha value is -1.03. The van der Waals surface area contributed by atoms with Crippen molar-refractivity contribution in [1.29, 1.82) is 0 Å². The molecule has 0 aromatic carbocycles. The molecule has 2 heterocycles. The van der Waals surface area contributed by atoms with Crippen molar-refractivity contribution >= 4 is 41.4 Å². The Balaban J connectivity index is 2.31. The van der Waals surface area contributed by atoms with Gasteiger partial charge in [-0.05, 0) is 12.5 Å². The minimum absolute atomic E-state index is 0.155. The highest BCUT2D eigenvalue weighted by molar-refractivity contribution is 8.01. The molecule has 0 aromatic heterocycles. The summed E-state index contributed by atoms with van der Waals surface area (Å²) in [6, 6.07) is -0.675. The summed E-state index contributed by atoms with van der Waals surface area (Å²) in [7, 11) is 1.39. The van der Waals surface area contributed by atoms with Crippen LogP contribution in [0.3, 0.4) is 0 Å². The van der Waals surface area contributed by atoms with Gasteiger partial charge in [-0.2, -0.15) is 0 Å². The van der Waals surface area contributed by atoms with E-state index >= 15 is 0 Å². The number of nitrogens with two attached hydrogens (primary N) is 1. The van der Waals surface area contributed by atoms with Crippen LogP contribution in [0.2, 0.25) is 0 Å². The third-order valence-corrected chi connectivity index (χ3v) is 5.16. The summed E-state index contributed by atoms with van der Waals surface area (Å²) < 4.78 is 9.62. The first-order valence-corrected chi connectivity index (χ1v) is 7.60. The predicted octanol–water partition coefficient (Wildman–Crippen LogP) is -0.135. The minimum Gasteiger partial charge on any atom is -0.434 e. The highest BCUT2D eigenvalue weighted by Crippen LogP contribution is 2.44. The molecule has 116 valence electrons. The summed E-state index contributed by atoms with van der Waals surface area (Å²) >= 11 is 5.16. The van der Waals surface area contributed by atoms with Crippen molar-refractivity contribution in [2.24, 2.45) is 5.73 Å². The zero-order valence-electron chi connectivity index (χ0n) is 11.6. The Bertz CT molecular complexity index is 522. The summed E-state index contributed by atoms with van der Waals surface area (Å²) in [4.78, 5) is 36.6. The van der Waals surface area contributed by atoms with E-state index in [1.807, 2.05) is 0 Å². The Labute approximate surface area is 131 Å². The number of nitrogens with zero attached hydrogens (tertiary/aromatic N) is 1. The molecule has 1 saturated heterocycles. The number of fused-ring (bicyclic) bond motifs is 1. The largest absolute Gasteiger partial charge is 0.434 e. The van der Waals surface area contributed by atoms with Gasteiger partial charge in [-0.3, -0.25) is 14.5 Å². The van der Waals surface area contributed by atoms with E-state index in [-0.39, 0.29) is 40.6 Å². The summed E-state index contributed by atoms with van der Waals surface area (Å²) in [6.07, 6.45) is 0.159. The fourth-order valence-electron chi connectivity index (χ4n) is 2.28. The van der Waals surface area contributed by atoms with Crippen molar-refractivity contribution < 1.29 is 23.9 Å². The van der Waals surface area contributed by atoms with Gasteiger partial charge in [0, 0.05) is 18.8 Å². The van der Waals surface area contributed by atoms with Gasteiger partial charge in [-0.25, -0.2) is 4.79 Å². The van der Waals surface area contributed by atoms with Gasteiger partial charge in [0.15, 0.2) is 11.9 Å². The molecule has 2 unspecified atom stereocenters. The van der Waals surface area contributed by atoms with Gasteiger partial charge in [0.25, 0.3) is 0 Å². The van der Waals surface area contributed by atoms with Gasteiger partial charge in [0.05, 0.1) is 0 Å². The molecule has 9 heteroatoms. The summed E-state index contributed by atoms with van der Waals surface area (Å²) in [5.74, 6) is -0.983. The molecule has 2 aliphatic rings. The summed E-state index contributed by atoms with van der Waals surface area (Å²) in [5, 5.41) is -0.895. The molecular weight excluding hydrogens is 316 g/mol. The molecule has 0 bridgehead atoms. The first-order valence-electron chi connectivity index (χ1n) is 6.21. The minimum atomic E-state index is -0.675. The van der Waals surface area contributed by atoms with Crippen LogP contribution in [0.15, 0.2) is 11.3 Å². The van der Waals surface area contributed by atoms with Crippen LogP contribution in [0, 0.1) is 0 Å². The van der Waals surface area contributed by atoms with E-state index in [0.717, 1.165) is 0 Å². The first kappa shape index (κ1) is 16.3. The van der Waals surface area contributed by atoms with Gasteiger partial charge in [-0.1, -0.05) is 0 Å². The third-order valence-electron chi connectivity index (χ3n) is 3.35. The Morgan fingerprint density at radius 3 is 2.71 bits per heavy atom. The van der Waals surface area contributed by atoms with Crippen molar-refractivity contribution in [3.8, 4) is 0 Å². The topological polar surface area (TPSA) is 98.9 Å². The van der Waals surface area contributed by atoms with Crippen LogP contribution in [-0.4, -0.2) is 52.5 Å². The molecule has 3 atom stereocenters. The standard InChI is InChI=1S/C12H16N2O5S2/c1-5-6(3-7(15)20)21-11-8(13)10(16)14(11)9(5)12(17)19-4-18-2/h6,8,11H,3-4,13H2,1-2H3,(H,15,20)/t6?,8?,11-/m1/s1. The molecule has 1 fully saturated rings. The van der Waals surface area contributed by atoms with E-state index in [2.05, 4.69) is 12.6 Å². The predicted molar refractivity (Wildman–Crippen MR) is 79.3 cm³/mol. The van der Waals surface area contributed by atoms with Gasteiger partial charge in [0.1, 0.15) is 17.1 Å². The van der Waals surface area contributed by atoms with Crippen LogP contribution in [0.4, 0.5) is 0 Å². The summed E-state index contributed by atoms with van der Waals surface area (Å²) in [6.45, 7) is 1.49. The van der Waals surface area contributed by atoms with Crippen LogP contribution in [0.5, 0.6) is 0 Å². The van der Waals surface area contributed by atoms with Crippen LogP contribution in [0.1, 0.15) is 13.3 Å². The Kier molecular flexibility index (Phi) is 4.97. The number of methoxy groups -OCH3 is 1. The Morgan fingerprint density at radius 2 is 2.14 bits per heavy atom. The molecule has 2 N–H and O–H groups in total. The molecule has 7 nitrogen and oxygen atoms in total. The van der Waals surface area contributed by atoms with Gasteiger partial charge in [0.2, 0.25) is 5.91 Å². The van der Waals surface area contributed by atoms with Gasteiger partial charge >= 0.3 is 5.97 Å². The maximum Gasteiger partial charge on any atom is 0.357 e. The van der Waals surface area contributed by atoms with E-state index in [0.29, 0.717) is 5.57 Å². The molecule has 0 radical (unpaired) electrons. The average Bonchev–Trinajstić information content (AvgIpc) is 2.45. The maximum absolute atomic E-state index is 12.1. The van der Waals surface area contributed by atoms with Gasteiger partial charge < -0.3 is 15.2 Å². The SMILES string of the molecule is COCOC(=O)C1=C(C)C(CC(=O)S)S[C@@H]2C(N)C(=O)N12. The number of thioether (sulfide) groups is 1. The number of rotatable bonds is 5. The zero-order valence-corrected chi connectivity index (χ0v) is 13.3. The monoisotopic (exact) mass is 332 g/mol. The highest BCUT2D eigenvalue weighted by Gasteiger charge is 2.53. The number of β-lactam (4-membered cyclic amide) rings is 1. The molecule has 0 saturated carbocycles.